The topological polar surface area (TPSA) is 86.1 Å². The first-order valence-electron chi connectivity index (χ1n) is 7.54. The number of nitrogens with one attached hydrogen (secondary N) is 1. The fraction of sp³-hybridized carbons (Fsp3) is 0.176. The highest BCUT2D eigenvalue weighted by molar-refractivity contribution is 7.13. The van der Waals surface area contributed by atoms with Gasteiger partial charge in [0.2, 0.25) is 0 Å². The van der Waals surface area contributed by atoms with Gasteiger partial charge in [0.05, 0.1) is 6.20 Å². The Kier molecular flexibility index (Phi) is 4.90. The van der Waals surface area contributed by atoms with Crippen LogP contribution in [0.3, 0.4) is 0 Å². The minimum absolute atomic E-state index is 0.170. The Hall–Kier alpha value is -3.00. The summed E-state index contributed by atoms with van der Waals surface area (Å²) in [6.07, 6.45) is 2.55. The molecule has 0 aliphatic carbocycles. The zero-order valence-electron chi connectivity index (χ0n) is 13.7. The zero-order chi connectivity index (χ0) is 17.8. The van der Waals surface area contributed by atoms with Gasteiger partial charge in [-0.25, -0.2) is 9.78 Å². The molecule has 1 aromatic carbocycles. The first-order chi connectivity index (χ1) is 12.0. The molecule has 1 atom stereocenters. The molecule has 25 heavy (non-hydrogen) atoms. The number of rotatable bonds is 5. The Labute approximate surface area is 148 Å². The Morgan fingerprint density at radius 1 is 1.28 bits per heavy atom. The first-order valence-corrected chi connectivity index (χ1v) is 8.42. The van der Waals surface area contributed by atoms with Gasteiger partial charge in [0.25, 0.3) is 5.91 Å². The molecule has 2 heterocycles. The monoisotopic (exact) mass is 356 g/mol. The fourth-order valence-corrected chi connectivity index (χ4v) is 2.84. The lowest BCUT2D eigenvalue weighted by molar-refractivity contribution is -0.123. The van der Waals surface area contributed by atoms with Crippen molar-refractivity contribution < 1.29 is 14.3 Å². The van der Waals surface area contributed by atoms with Crippen molar-refractivity contribution in [2.75, 3.05) is 5.32 Å². The van der Waals surface area contributed by atoms with Gasteiger partial charge in [0.1, 0.15) is 5.01 Å². The molecule has 0 bridgehead atoms. The molecular weight excluding hydrogens is 340 g/mol. The highest BCUT2D eigenvalue weighted by Gasteiger charge is 2.21. The molecule has 0 radical (unpaired) electrons. The second-order valence-electron chi connectivity index (χ2n) is 5.34. The maximum Gasteiger partial charge on any atom is 0.358 e. The molecule has 128 valence electrons. The molecule has 1 amide bonds. The van der Waals surface area contributed by atoms with Crippen molar-refractivity contribution in [2.45, 2.75) is 13.0 Å². The molecule has 0 spiro atoms. The smallest absolute Gasteiger partial charge is 0.358 e. The van der Waals surface area contributed by atoms with Gasteiger partial charge in [-0.15, -0.1) is 11.3 Å². The third-order valence-corrected chi connectivity index (χ3v) is 4.25. The van der Waals surface area contributed by atoms with Crippen LogP contribution in [0.1, 0.15) is 17.4 Å². The van der Waals surface area contributed by atoms with Crippen LogP contribution in [0.2, 0.25) is 0 Å². The Balaban J connectivity index is 1.62. The van der Waals surface area contributed by atoms with Crippen molar-refractivity contribution in [1.82, 2.24) is 14.8 Å². The van der Waals surface area contributed by atoms with Gasteiger partial charge in [-0.1, -0.05) is 18.2 Å². The Bertz CT molecular complexity index is 888. The second-order valence-corrected chi connectivity index (χ2v) is 6.20. The van der Waals surface area contributed by atoms with E-state index >= 15 is 0 Å². The molecular formula is C17H16N4O3S. The lowest BCUT2D eigenvalue weighted by Gasteiger charge is -2.12. The van der Waals surface area contributed by atoms with E-state index in [1.807, 2.05) is 24.4 Å². The molecule has 0 saturated carbocycles. The van der Waals surface area contributed by atoms with Gasteiger partial charge in [0, 0.05) is 29.9 Å². The van der Waals surface area contributed by atoms with E-state index in [-0.39, 0.29) is 5.69 Å². The van der Waals surface area contributed by atoms with E-state index in [0.29, 0.717) is 10.7 Å². The van der Waals surface area contributed by atoms with E-state index in [4.69, 9.17) is 4.74 Å². The third kappa shape index (κ3) is 4.10. The van der Waals surface area contributed by atoms with Crippen LogP contribution < -0.4 is 5.32 Å². The summed E-state index contributed by atoms with van der Waals surface area (Å²) in [6, 6.07) is 8.98. The quantitative estimate of drug-likeness (QED) is 0.711. The lowest BCUT2D eigenvalue weighted by atomic mass is 10.3. The molecule has 0 saturated heterocycles. The molecule has 8 heteroatoms. The predicted octanol–water partition coefficient (Wildman–Crippen LogP) is 2.73. The summed E-state index contributed by atoms with van der Waals surface area (Å²) in [7, 11) is 1.80. The van der Waals surface area contributed by atoms with Crippen LogP contribution >= 0.6 is 11.3 Å². The number of amides is 1. The SMILES string of the molecule is CC(OC(=O)c1csc(-c2cnn(C)c2)n1)C(=O)Nc1ccccc1. The van der Waals surface area contributed by atoms with Gasteiger partial charge in [0.15, 0.2) is 11.8 Å². The van der Waals surface area contributed by atoms with Crippen molar-refractivity contribution in [3.05, 3.63) is 53.8 Å². The summed E-state index contributed by atoms with van der Waals surface area (Å²) in [5.41, 5.74) is 1.63. The summed E-state index contributed by atoms with van der Waals surface area (Å²) in [4.78, 5) is 28.5. The number of hydrogen-bond acceptors (Lipinski definition) is 6. The number of carbonyl (C=O) groups is 2. The summed E-state index contributed by atoms with van der Waals surface area (Å²) >= 11 is 1.32. The van der Waals surface area contributed by atoms with Crippen molar-refractivity contribution in [2.24, 2.45) is 7.05 Å². The second kappa shape index (κ2) is 7.27. The molecule has 3 rings (SSSR count). The van der Waals surface area contributed by atoms with Crippen molar-refractivity contribution in [3.63, 3.8) is 0 Å². The van der Waals surface area contributed by atoms with Crippen LogP contribution in [0.4, 0.5) is 5.69 Å². The largest absolute Gasteiger partial charge is 0.448 e. The number of thiazole rings is 1. The minimum atomic E-state index is -0.934. The molecule has 7 nitrogen and oxygen atoms in total. The Morgan fingerprint density at radius 2 is 2.04 bits per heavy atom. The van der Waals surface area contributed by atoms with E-state index in [2.05, 4.69) is 15.4 Å². The number of ether oxygens (including phenoxy) is 1. The molecule has 0 aliphatic rings. The van der Waals surface area contributed by atoms with Gasteiger partial charge in [-0.3, -0.25) is 9.48 Å². The minimum Gasteiger partial charge on any atom is -0.448 e. The van der Waals surface area contributed by atoms with E-state index in [1.54, 1.807) is 35.4 Å². The number of aromatic nitrogens is 3. The number of para-hydroxylation sites is 1. The number of anilines is 1. The standard InChI is InChI=1S/C17H16N4O3S/c1-11(15(22)19-13-6-4-3-5-7-13)24-17(23)14-10-25-16(20-14)12-8-18-21(2)9-12/h3-11H,1-2H3,(H,19,22). The average Bonchev–Trinajstić information content (AvgIpc) is 3.24. The number of esters is 1. The summed E-state index contributed by atoms with van der Waals surface area (Å²) in [6.45, 7) is 1.52. The highest BCUT2D eigenvalue weighted by Crippen LogP contribution is 2.23. The molecule has 1 unspecified atom stereocenters. The van der Waals surface area contributed by atoms with Crippen molar-refractivity contribution in [3.8, 4) is 10.6 Å². The summed E-state index contributed by atoms with van der Waals surface area (Å²) < 4.78 is 6.85. The number of benzene rings is 1. The molecule has 2 aromatic heterocycles. The van der Waals surface area contributed by atoms with E-state index < -0.39 is 18.0 Å². The third-order valence-electron chi connectivity index (χ3n) is 3.36. The number of carbonyl (C=O) groups excluding carboxylic acids is 2. The Morgan fingerprint density at radius 3 is 2.72 bits per heavy atom. The van der Waals surface area contributed by atoms with E-state index in [1.165, 1.54) is 18.3 Å². The van der Waals surface area contributed by atoms with Crippen LogP contribution in [-0.2, 0) is 16.6 Å². The van der Waals surface area contributed by atoms with Crippen LogP contribution in [0.15, 0.2) is 48.1 Å². The van der Waals surface area contributed by atoms with Crippen molar-refractivity contribution >= 4 is 28.9 Å². The lowest BCUT2D eigenvalue weighted by Crippen LogP contribution is -2.30. The predicted molar refractivity (Wildman–Crippen MR) is 94.3 cm³/mol. The first kappa shape index (κ1) is 16.8. The molecule has 0 aliphatic heterocycles. The van der Waals surface area contributed by atoms with Crippen molar-refractivity contribution in [1.29, 1.82) is 0 Å². The summed E-state index contributed by atoms with van der Waals surface area (Å²) in [5, 5.41) is 9.03. The van der Waals surface area contributed by atoms with E-state index in [0.717, 1.165) is 5.56 Å². The van der Waals surface area contributed by atoms with E-state index in [9.17, 15) is 9.59 Å². The summed E-state index contributed by atoms with van der Waals surface area (Å²) in [5.74, 6) is -1.04. The fourth-order valence-electron chi connectivity index (χ4n) is 2.07. The number of hydrogen-bond donors (Lipinski definition) is 1. The maximum atomic E-state index is 12.2. The zero-order valence-corrected chi connectivity index (χ0v) is 14.5. The van der Waals surface area contributed by atoms with Gasteiger partial charge in [-0.2, -0.15) is 5.10 Å². The van der Waals surface area contributed by atoms with Crippen LogP contribution in [-0.4, -0.2) is 32.7 Å². The van der Waals surface area contributed by atoms with Gasteiger partial charge in [-0.05, 0) is 19.1 Å². The van der Waals surface area contributed by atoms with Crippen LogP contribution in [0.25, 0.3) is 10.6 Å². The van der Waals surface area contributed by atoms with Crippen LogP contribution in [0.5, 0.6) is 0 Å². The van der Waals surface area contributed by atoms with Crippen LogP contribution in [0, 0.1) is 0 Å². The average molecular weight is 356 g/mol. The maximum absolute atomic E-state index is 12.2. The normalized spacial score (nSPS) is 11.8. The number of aryl methyl sites for hydroxylation is 1. The molecule has 3 aromatic rings. The molecule has 1 N–H and O–H groups in total. The number of nitrogens with zero attached hydrogens (tertiary/aromatic N) is 3. The molecule has 0 fully saturated rings. The van der Waals surface area contributed by atoms with Gasteiger partial charge >= 0.3 is 5.97 Å². The highest BCUT2D eigenvalue weighted by atomic mass is 32.1. The van der Waals surface area contributed by atoms with Gasteiger partial charge < -0.3 is 10.1 Å².